The summed E-state index contributed by atoms with van der Waals surface area (Å²) in [5.41, 5.74) is 0. The van der Waals surface area contributed by atoms with Crippen LogP contribution in [0.2, 0.25) is 5.02 Å². The molecule has 1 amide bonds. The zero-order valence-corrected chi connectivity index (χ0v) is 14.6. The lowest BCUT2D eigenvalue weighted by Gasteiger charge is -2.33. The van der Waals surface area contributed by atoms with E-state index >= 15 is 0 Å². The number of hydrogen-bond donors (Lipinski definition) is 0. The van der Waals surface area contributed by atoms with Crippen molar-refractivity contribution in [1.29, 1.82) is 0 Å². The summed E-state index contributed by atoms with van der Waals surface area (Å²) in [5.74, 6) is 0.448. The highest BCUT2D eigenvalue weighted by molar-refractivity contribution is 7.89. The molecule has 7 nitrogen and oxygen atoms in total. The number of nitrogens with zero attached hydrogens (tertiary/aromatic N) is 2. The second kappa shape index (κ2) is 7.37. The van der Waals surface area contributed by atoms with Crippen molar-refractivity contribution in [1.82, 2.24) is 9.21 Å². The third kappa shape index (κ3) is 3.88. The normalized spacial score (nSPS) is 16.2. The van der Waals surface area contributed by atoms with Crippen molar-refractivity contribution in [3.05, 3.63) is 23.2 Å². The molecule has 1 aliphatic heterocycles. The van der Waals surface area contributed by atoms with Gasteiger partial charge in [0.1, 0.15) is 5.75 Å². The Morgan fingerprint density at radius 3 is 2.43 bits per heavy atom. The summed E-state index contributed by atoms with van der Waals surface area (Å²) in [6.45, 7) is 3.26. The van der Waals surface area contributed by atoms with Crippen molar-refractivity contribution in [2.75, 3.05) is 39.9 Å². The van der Waals surface area contributed by atoms with E-state index in [0.717, 1.165) is 0 Å². The van der Waals surface area contributed by atoms with E-state index in [1.54, 1.807) is 6.07 Å². The van der Waals surface area contributed by atoms with Gasteiger partial charge in [0, 0.05) is 26.2 Å². The summed E-state index contributed by atoms with van der Waals surface area (Å²) in [6, 6.07) is 4.40. The average Bonchev–Trinajstić information content (AvgIpc) is 2.56. The van der Waals surface area contributed by atoms with Crippen LogP contribution in [0.5, 0.6) is 5.75 Å². The Morgan fingerprint density at radius 2 is 1.91 bits per heavy atom. The Morgan fingerprint density at radius 1 is 1.26 bits per heavy atom. The number of benzene rings is 1. The molecule has 1 aromatic rings. The van der Waals surface area contributed by atoms with Crippen LogP contribution in [0.25, 0.3) is 0 Å². The number of carbonyl (C=O) groups excluding carboxylic acids is 1. The van der Waals surface area contributed by atoms with Crippen LogP contribution < -0.4 is 4.74 Å². The quantitative estimate of drug-likeness (QED) is 0.816. The Labute approximate surface area is 140 Å². The van der Waals surface area contributed by atoms with Crippen molar-refractivity contribution < 1.29 is 22.7 Å². The van der Waals surface area contributed by atoms with Gasteiger partial charge in [-0.05, 0) is 25.1 Å². The Balaban J connectivity index is 2.13. The molecule has 0 aromatic heterocycles. The number of carbonyl (C=O) groups is 1. The molecular weight excluding hydrogens is 344 g/mol. The standard InChI is InChI=1S/C14H19ClN2O5S/c1-3-22-13-5-4-11(10-12(13)15)23(19,20)17-8-6-16(7-9-17)14(18)21-2/h4-5,10H,3,6-9H2,1-2H3. The summed E-state index contributed by atoms with van der Waals surface area (Å²) >= 11 is 6.06. The molecule has 0 saturated carbocycles. The Hall–Kier alpha value is -1.51. The molecule has 2 rings (SSSR count). The number of amides is 1. The molecule has 0 atom stereocenters. The van der Waals surface area contributed by atoms with Gasteiger partial charge in [0.15, 0.2) is 0 Å². The zero-order chi connectivity index (χ0) is 17.0. The average molecular weight is 363 g/mol. The number of piperazine rings is 1. The topological polar surface area (TPSA) is 76.2 Å². The van der Waals surface area contributed by atoms with E-state index in [4.69, 9.17) is 16.3 Å². The van der Waals surface area contributed by atoms with Gasteiger partial charge >= 0.3 is 6.09 Å². The fraction of sp³-hybridized carbons (Fsp3) is 0.500. The Kier molecular flexibility index (Phi) is 5.72. The molecule has 128 valence electrons. The number of rotatable bonds is 4. The molecule has 1 heterocycles. The third-order valence-corrected chi connectivity index (χ3v) is 5.70. The monoisotopic (exact) mass is 362 g/mol. The highest BCUT2D eigenvalue weighted by atomic mass is 35.5. The minimum absolute atomic E-state index is 0.109. The first-order valence-electron chi connectivity index (χ1n) is 7.15. The smallest absolute Gasteiger partial charge is 0.409 e. The maximum absolute atomic E-state index is 12.6. The minimum atomic E-state index is -3.66. The summed E-state index contributed by atoms with van der Waals surface area (Å²) in [5, 5.41) is 0.251. The van der Waals surface area contributed by atoms with Crippen molar-refractivity contribution in [3.8, 4) is 5.75 Å². The van der Waals surface area contributed by atoms with E-state index in [0.29, 0.717) is 12.4 Å². The van der Waals surface area contributed by atoms with Gasteiger partial charge in [0.05, 0.1) is 23.6 Å². The van der Waals surface area contributed by atoms with Crippen LogP contribution in [-0.4, -0.2) is 63.6 Å². The molecular formula is C14H19ClN2O5S. The number of methoxy groups -OCH3 is 1. The lowest BCUT2D eigenvalue weighted by molar-refractivity contribution is 0.108. The van der Waals surface area contributed by atoms with Crippen LogP contribution in [0, 0.1) is 0 Å². The van der Waals surface area contributed by atoms with Gasteiger partial charge in [0.25, 0.3) is 0 Å². The summed E-state index contributed by atoms with van der Waals surface area (Å²) in [4.78, 5) is 13.0. The molecule has 0 radical (unpaired) electrons. The van der Waals surface area contributed by atoms with Crippen LogP contribution >= 0.6 is 11.6 Å². The Bertz CT molecular complexity index is 672. The van der Waals surface area contributed by atoms with Crippen LogP contribution in [0.15, 0.2) is 23.1 Å². The second-order valence-electron chi connectivity index (χ2n) is 4.89. The van der Waals surface area contributed by atoms with Crippen LogP contribution in [-0.2, 0) is 14.8 Å². The van der Waals surface area contributed by atoms with Crippen molar-refractivity contribution in [2.45, 2.75) is 11.8 Å². The third-order valence-electron chi connectivity index (χ3n) is 3.51. The fourth-order valence-electron chi connectivity index (χ4n) is 2.30. The van der Waals surface area contributed by atoms with Crippen molar-refractivity contribution in [3.63, 3.8) is 0 Å². The van der Waals surface area contributed by atoms with Gasteiger partial charge in [-0.25, -0.2) is 13.2 Å². The van der Waals surface area contributed by atoms with E-state index in [-0.39, 0.29) is 36.1 Å². The summed E-state index contributed by atoms with van der Waals surface area (Å²) < 4.78 is 36.6. The number of ether oxygens (including phenoxy) is 2. The van der Waals surface area contributed by atoms with Gasteiger partial charge in [0.2, 0.25) is 10.0 Å². The van der Waals surface area contributed by atoms with Gasteiger partial charge in [-0.2, -0.15) is 4.31 Å². The first-order chi connectivity index (χ1) is 10.9. The molecule has 1 saturated heterocycles. The predicted octanol–water partition coefficient (Wildman–Crippen LogP) is 1.81. The number of halogens is 1. The molecule has 0 aliphatic carbocycles. The SMILES string of the molecule is CCOc1ccc(S(=O)(=O)N2CCN(C(=O)OC)CC2)cc1Cl. The van der Waals surface area contributed by atoms with E-state index in [2.05, 4.69) is 4.74 Å². The first kappa shape index (κ1) is 17.8. The molecule has 9 heteroatoms. The van der Waals surface area contributed by atoms with Crippen molar-refractivity contribution >= 4 is 27.7 Å². The van der Waals surface area contributed by atoms with Gasteiger partial charge in [-0.15, -0.1) is 0 Å². The van der Waals surface area contributed by atoms with E-state index in [1.807, 2.05) is 6.92 Å². The fourth-order valence-corrected chi connectivity index (χ4v) is 4.05. The first-order valence-corrected chi connectivity index (χ1v) is 8.97. The van der Waals surface area contributed by atoms with E-state index in [1.165, 1.54) is 28.4 Å². The minimum Gasteiger partial charge on any atom is -0.492 e. The molecule has 1 aliphatic rings. The van der Waals surface area contributed by atoms with Crippen LogP contribution in [0.3, 0.4) is 0 Å². The van der Waals surface area contributed by atoms with Crippen molar-refractivity contribution in [2.24, 2.45) is 0 Å². The number of sulfonamides is 1. The predicted molar refractivity (Wildman–Crippen MR) is 85.4 cm³/mol. The maximum atomic E-state index is 12.6. The molecule has 0 bridgehead atoms. The van der Waals surface area contributed by atoms with Gasteiger partial charge < -0.3 is 14.4 Å². The highest BCUT2D eigenvalue weighted by Crippen LogP contribution is 2.29. The maximum Gasteiger partial charge on any atom is 0.409 e. The zero-order valence-electron chi connectivity index (χ0n) is 13.0. The molecule has 23 heavy (non-hydrogen) atoms. The molecule has 0 N–H and O–H groups in total. The highest BCUT2D eigenvalue weighted by Gasteiger charge is 2.30. The second-order valence-corrected chi connectivity index (χ2v) is 7.23. The van der Waals surface area contributed by atoms with E-state index in [9.17, 15) is 13.2 Å². The van der Waals surface area contributed by atoms with Crippen LogP contribution in [0.1, 0.15) is 6.92 Å². The van der Waals surface area contributed by atoms with E-state index < -0.39 is 16.1 Å². The summed E-state index contributed by atoms with van der Waals surface area (Å²) in [7, 11) is -2.36. The molecule has 1 fully saturated rings. The lowest BCUT2D eigenvalue weighted by Crippen LogP contribution is -2.50. The number of hydrogen-bond acceptors (Lipinski definition) is 5. The van der Waals surface area contributed by atoms with Gasteiger partial charge in [-0.1, -0.05) is 11.6 Å². The van der Waals surface area contributed by atoms with Crippen LogP contribution in [0.4, 0.5) is 4.79 Å². The molecule has 0 unspecified atom stereocenters. The molecule has 1 aromatic carbocycles. The molecule has 0 spiro atoms. The largest absolute Gasteiger partial charge is 0.492 e. The summed E-state index contributed by atoms with van der Waals surface area (Å²) in [6.07, 6.45) is -0.453. The lowest BCUT2D eigenvalue weighted by atomic mass is 10.3. The van der Waals surface area contributed by atoms with Gasteiger partial charge in [-0.3, -0.25) is 0 Å².